The number of phenols is 1. The van der Waals surface area contributed by atoms with Gasteiger partial charge in [-0.25, -0.2) is 0 Å². The van der Waals surface area contributed by atoms with Gasteiger partial charge in [0.1, 0.15) is 5.75 Å². The van der Waals surface area contributed by atoms with E-state index in [1.165, 1.54) is 0 Å². The monoisotopic (exact) mass is 540 g/mol. The smallest absolute Gasteiger partial charge is 0.237 e. The molecular weight excluding hydrogens is 508 g/mol. The fourth-order valence-corrected chi connectivity index (χ4v) is 6.82. The van der Waals surface area contributed by atoms with Crippen molar-refractivity contribution in [1.82, 2.24) is 10.6 Å². The second kappa shape index (κ2) is 9.53. The number of Topliss-reactive ketones (excluding diaryl/α,β-unsaturated/α-hetero) is 4. The number of phenolic OH excluding ortho intramolecular Hbond substituents is 1. The molecule has 0 aromatic heterocycles. The molecule has 39 heavy (non-hydrogen) atoms. The van der Waals surface area contributed by atoms with E-state index < -0.39 is 58.3 Å². The maximum atomic E-state index is 13.9. The Labute approximate surface area is 224 Å². The topological polar surface area (TPSA) is 196 Å². The van der Waals surface area contributed by atoms with Crippen LogP contribution in [0.2, 0.25) is 0 Å². The number of carbonyl (C=O) groups is 6. The van der Waals surface area contributed by atoms with Crippen LogP contribution in [-0.2, 0) is 36.9 Å². The Morgan fingerprint density at radius 2 is 1.90 bits per heavy atom. The molecule has 1 heterocycles. The summed E-state index contributed by atoms with van der Waals surface area (Å²) in [6.07, 6.45) is 1.40. The molecule has 1 aromatic rings. The van der Waals surface area contributed by atoms with Crippen LogP contribution in [0, 0.1) is 23.7 Å². The summed E-state index contributed by atoms with van der Waals surface area (Å²) in [7, 11) is 3.53. The number of hydrogen-bond donors (Lipinski definition) is 5. The zero-order valence-corrected chi connectivity index (χ0v) is 21.8. The number of aromatic hydroxyl groups is 1. The van der Waals surface area contributed by atoms with Crippen LogP contribution >= 0.6 is 0 Å². The van der Waals surface area contributed by atoms with E-state index in [2.05, 4.69) is 10.6 Å². The number of fused-ring (bicyclic) bond motifs is 3. The summed E-state index contributed by atoms with van der Waals surface area (Å²) in [4.78, 5) is 79.3. The number of hydrogen-bond acceptors (Lipinski definition) is 10. The van der Waals surface area contributed by atoms with Crippen molar-refractivity contribution in [3.8, 4) is 5.75 Å². The maximum Gasteiger partial charge on any atom is 0.237 e. The lowest BCUT2D eigenvalue weighted by Crippen LogP contribution is -2.68. The average molecular weight is 541 g/mol. The lowest BCUT2D eigenvalue weighted by molar-refractivity contribution is -0.175. The summed E-state index contributed by atoms with van der Waals surface area (Å²) in [5, 5.41) is 28.4. The number of nitrogens with zero attached hydrogens (tertiary/aromatic N) is 1. The van der Waals surface area contributed by atoms with Gasteiger partial charge in [-0.1, -0.05) is 0 Å². The van der Waals surface area contributed by atoms with Gasteiger partial charge in [0.05, 0.1) is 17.5 Å². The molecular formula is C27H32N4O8. The highest BCUT2D eigenvalue weighted by molar-refractivity contribution is 6.31. The van der Waals surface area contributed by atoms with Crippen molar-refractivity contribution in [2.75, 3.05) is 25.5 Å². The van der Waals surface area contributed by atoms with Crippen LogP contribution in [0.15, 0.2) is 6.07 Å². The number of primary amides is 1. The molecule has 3 unspecified atom stereocenters. The van der Waals surface area contributed by atoms with E-state index >= 15 is 0 Å². The number of anilines is 1. The number of carbonyl (C=O) groups excluding carboxylic acids is 6. The quantitative estimate of drug-likeness (QED) is 0.282. The highest BCUT2D eigenvalue weighted by Gasteiger charge is 2.66. The van der Waals surface area contributed by atoms with Crippen LogP contribution in [-0.4, -0.2) is 77.4 Å². The molecule has 6 N–H and O–H groups in total. The largest absolute Gasteiger partial charge is 0.507 e. The summed E-state index contributed by atoms with van der Waals surface area (Å²) in [5.74, 6) is -10.8. The van der Waals surface area contributed by atoms with Gasteiger partial charge in [0.15, 0.2) is 34.7 Å². The predicted octanol–water partition coefficient (Wildman–Crippen LogP) is -1.24. The first-order chi connectivity index (χ1) is 18.4. The number of benzene rings is 1. The molecule has 1 aliphatic heterocycles. The molecule has 12 nitrogen and oxygen atoms in total. The SMILES string of the molecule is CN(C)c1cc(CNC(=O)C2CCCN2)c(O)c2c1C[C@H]1C[C@H]3CC(=O)C(C(N)=O)C(=O)[C@@]3(O)C(=O)C1C2=O. The van der Waals surface area contributed by atoms with Crippen molar-refractivity contribution in [3.63, 3.8) is 0 Å². The molecule has 6 atom stereocenters. The normalized spacial score (nSPS) is 31.8. The van der Waals surface area contributed by atoms with Gasteiger partial charge in [-0.15, -0.1) is 0 Å². The van der Waals surface area contributed by atoms with Gasteiger partial charge < -0.3 is 31.5 Å². The van der Waals surface area contributed by atoms with Crippen LogP contribution in [0.4, 0.5) is 5.69 Å². The Kier molecular flexibility index (Phi) is 6.58. The molecule has 1 aromatic carbocycles. The minimum absolute atomic E-state index is 0.0286. The molecule has 0 bridgehead atoms. The number of amides is 2. The molecule has 1 saturated heterocycles. The van der Waals surface area contributed by atoms with E-state index in [-0.39, 0.29) is 54.6 Å². The second-order valence-electron chi connectivity index (χ2n) is 11.3. The van der Waals surface area contributed by atoms with Gasteiger partial charge in [0, 0.05) is 44.2 Å². The zero-order chi connectivity index (χ0) is 28.4. The predicted molar refractivity (Wildman–Crippen MR) is 136 cm³/mol. The van der Waals surface area contributed by atoms with Crippen molar-refractivity contribution in [1.29, 1.82) is 0 Å². The molecule has 0 radical (unpaired) electrons. The Bertz CT molecular complexity index is 1320. The maximum absolute atomic E-state index is 13.9. The van der Waals surface area contributed by atoms with Crippen molar-refractivity contribution >= 4 is 40.6 Å². The number of rotatable bonds is 5. The molecule has 12 heteroatoms. The van der Waals surface area contributed by atoms with Crippen LogP contribution in [0.5, 0.6) is 5.75 Å². The summed E-state index contributed by atoms with van der Waals surface area (Å²) in [6.45, 7) is 0.682. The summed E-state index contributed by atoms with van der Waals surface area (Å²) >= 11 is 0. The van der Waals surface area contributed by atoms with Crippen molar-refractivity contribution < 1.29 is 39.0 Å². The molecule has 2 amide bonds. The Morgan fingerprint density at radius 3 is 2.51 bits per heavy atom. The van der Waals surface area contributed by atoms with Crippen LogP contribution in [0.1, 0.15) is 47.2 Å². The third-order valence-electron chi connectivity index (χ3n) is 8.77. The summed E-state index contributed by atoms with van der Waals surface area (Å²) < 4.78 is 0. The van der Waals surface area contributed by atoms with Gasteiger partial charge >= 0.3 is 0 Å². The highest BCUT2D eigenvalue weighted by Crippen LogP contribution is 2.51. The van der Waals surface area contributed by atoms with Crippen LogP contribution < -0.4 is 21.3 Å². The number of aliphatic hydroxyl groups is 1. The van der Waals surface area contributed by atoms with E-state index in [9.17, 15) is 39.0 Å². The van der Waals surface area contributed by atoms with Gasteiger partial charge in [0.25, 0.3) is 0 Å². The molecule has 3 aliphatic carbocycles. The van der Waals surface area contributed by atoms with E-state index in [0.717, 1.165) is 13.0 Å². The Hall–Kier alpha value is -3.64. The second-order valence-corrected chi connectivity index (χ2v) is 11.3. The minimum Gasteiger partial charge on any atom is -0.507 e. The van der Waals surface area contributed by atoms with E-state index in [1.807, 2.05) is 0 Å². The molecule has 0 spiro atoms. The minimum atomic E-state index is -2.69. The van der Waals surface area contributed by atoms with Crippen LogP contribution in [0.25, 0.3) is 0 Å². The average Bonchev–Trinajstić information content (AvgIpc) is 3.40. The number of nitrogens with one attached hydrogen (secondary N) is 2. The number of nitrogens with two attached hydrogens (primary N) is 1. The zero-order valence-electron chi connectivity index (χ0n) is 21.8. The molecule has 2 saturated carbocycles. The fourth-order valence-electron chi connectivity index (χ4n) is 6.82. The van der Waals surface area contributed by atoms with Gasteiger partial charge in [-0.05, 0) is 49.8 Å². The van der Waals surface area contributed by atoms with E-state index in [1.54, 1.807) is 25.1 Å². The van der Waals surface area contributed by atoms with Gasteiger partial charge in [0.2, 0.25) is 11.8 Å². The van der Waals surface area contributed by atoms with E-state index in [0.29, 0.717) is 17.7 Å². The first-order valence-electron chi connectivity index (χ1n) is 13.1. The third kappa shape index (κ3) is 4.04. The highest BCUT2D eigenvalue weighted by atomic mass is 16.3. The van der Waals surface area contributed by atoms with Crippen molar-refractivity contribution in [2.45, 2.75) is 50.3 Å². The van der Waals surface area contributed by atoms with Gasteiger partial charge in [-0.3, -0.25) is 28.8 Å². The molecule has 4 aliphatic rings. The van der Waals surface area contributed by atoms with Gasteiger partial charge in [-0.2, -0.15) is 0 Å². The third-order valence-corrected chi connectivity index (χ3v) is 8.77. The Balaban J connectivity index is 1.52. The lowest BCUT2D eigenvalue weighted by atomic mass is 9.53. The Morgan fingerprint density at radius 1 is 1.18 bits per heavy atom. The summed E-state index contributed by atoms with van der Waals surface area (Å²) in [6, 6.07) is 1.36. The fraction of sp³-hybridized carbons (Fsp3) is 0.556. The first kappa shape index (κ1) is 26.9. The van der Waals surface area contributed by atoms with Crippen LogP contribution in [0.3, 0.4) is 0 Å². The number of ketones is 4. The van der Waals surface area contributed by atoms with Crippen molar-refractivity contribution in [3.05, 3.63) is 22.8 Å². The molecule has 3 fully saturated rings. The van der Waals surface area contributed by atoms with Crippen molar-refractivity contribution in [2.24, 2.45) is 29.4 Å². The first-order valence-corrected chi connectivity index (χ1v) is 13.1. The molecule has 5 rings (SSSR count). The summed E-state index contributed by atoms with van der Waals surface area (Å²) in [5.41, 5.74) is 3.86. The lowest BCUT2D eigenvalue weighted by Gasteiger charge is -2.48. The molecule has 208 valence electrons. The van der Waals surface area contributed by atoms with E-state index in [4.69, 9.17) is 5.73 Å². The standard InChI is InChI=1S/C27H32N4O8/c1-31(2)16-8-12(10-30-26(38)15-4-3-5-29-15)21(33)19-14(16)7-11-6-13-9-17(32)20(25(28)37)24(36)27(13,39)23(35)18(11)22(19)34/h8,11,13,15,18,20,29,33,39H,3-7,9-10H2,1-2H3,(H2,28,37)(H,30,38)/t11-,13+,15?,18?,20?,27+/m1/s1.